The molecule has 0 spiro atoms. The lowest BCUT2D eigenvalue weighted by atomic mass is 10.0. The summed E-state index contributed by atoms with van der Waals surface area (Å²) in [5.74, 6) is 0.555. The van der Waals surface area contributed by atoms with E-state index in [1.165, 1.54) is 23.1 Å². The molecule has 0 fully saturated rings. The van der Waals surface area contributed by atoms with Crippen molar-refractivity contribution in [3.63, 3.8) is 0 Å². The zero-order valence-corrected chi connectivity index (χ0v) is 21.4. The highest BCUT2D eigenvalue weighted by Gasteiger charge is 2.27. The number of amides is 1. The molecule has 9 heteroatoms. The number of nitrogens with zero attached hydrogens (tertiary/aromatic N) is 4. The number of anilines is 1. The van der Waals surface area contributed by atoms with Crippen molar-refractivity contribution < 1.29 is 9.53 Å². The van der Waals surface area contributed by atoms with Crippen molar-refractivity contribution in [3.05, 3.63) is 58.0 Å². The lowest BCUT2D eigenvalue weighted by Crippen LogP contribution is -2.25. The number of hydrogen-bond donors (Lipinski definition) is 1. The number of hydrogen-bond acceptors (Lipinski definition) is 8. The maximum atomic E-state index is 13.2. The van der Waals surface area contributed by atoms with E-state index in [4.69, 9.17) is 9.72 Å². The molecule has 178 valence electrons. The fourth-order valence-electron chi connectivity index (χ4n) is 3.92. The van der Waals surface area contributed by atoms with Gasteiger partial charge in [-0.25, -0.2) is 4.98 Å². The van der Waals surface area contributed by atoms with Gasteiger partial charge in [0, 0.05) is 23.5 Å². The van der Waals surface area contributed by atoms with Gasteiger partial charge in [-0.1, -0.05) is 18.7 Å². The van der Waals surface area contributed by atoms with Crippen LogP contribution in [0.1, 0.15) is 34.9 Å². The number of benzene rings is 1. The van der Waals surface area contributed by atoms with E-state index in [-0.39, 0.29) is 5.91 Å². The quantitative estimate of drug-likeness (QED) is 0.450. The molecule has 1 N–H and O–H groups in total. The van der Waals surface area contributed by atoms with Crippen molar-refractivity contribution in [2.75, 3.05) is 26.0 Å². The molecular formula is C26H25N5O2S2. The summed E-state index contributed by atoms with van der Waals surface area (Å²) in [5.41, 5.74) is 3.65. The van der Waals surface area contributed by atoms with Gasteiger partial charge in [0.1, 0.15) is 27.9 Å². The zero-order chi connectivity index (χ0) is 24.9. The average molecular weight is 504 g/mol. The minimum Gasteiger partial charge on any atom is -0.497 e. The van der Waals surface area contributed by atoms with E-state index in [9.17, 15) is 15.3 Å². The molecule has 3 heterocycles. The van der Waals surface area contributed by atoms with Crippen LogP contribution in [0, 0.1) is 22.7 Å². The van der Waals surface area contributed by atoms with Gasteiger partial charge in [-0.15, -0.1) is 11.3 Å². The minimum absolute atomic E-state index is 0.193. The van der Waals surface area contributed by atoms with Gasteiger partial charge in [0.25, 0.3) is 0 Å². The number of aromatic nitrogens is 1. The number of carbonyl (C=O) groups excluding carboxylic acids is 1. The van der Waals surface area contributed by atoms with E-state index < -0.39 is 5.25 Å². The third-order valence-corrected chi connectivity index (χ3v) is 8.38. The Morgan fingerprint density at radius 1 is 1.26 bits per heavy atom. The molecule has 0 saturated heterocycles. The first-order valence-electron chi connectivity index (χ1n) is 11.2. The number of nitrogens with one attached hydrogen (secondary N) is 1. The van der Waals surface area contributed by atoms with Crippen molar-refractivity contribution in [2.24, 2.45) is 0 Å². The number of rotatable bonds is 7. The second-order valence-electron chi connectivity index (χ2n) is 8.20. The average Bonchev–Trinajstić information content (AvgIpc) is 3.22. The SMILES string of the molecule is CCC(Sc1nc(-c2ccc(OC)cc2)ccc1C#N)C(=O)Nc1sc2c(c1C#N)CCN(C)C2. The highest BCUT2D eigenvalue weighted by molar-refractivity contribution is 8.00. The first-order valence-corrected chi connectivity index (χ1v) is 12.9. The summed E-state index contributed by atoms with van der Waals surface area (Å²) in [6, 6.07) is 15.5. The molecular weight excluding hydrogens is 478 g/mol. The highest BCUT2D eigenvalue weighted by atomic mass is 32.2. The predicted octanol–water partition coefficient (Wildman–Crippen LogP) is 5.06. The third-order valence-electron chi connectivity index (χ3n) is 5.88. The zero-order valence-electron chi connectivity index (χ0n) is 19.8. The number of thiophene rings is 1. The first kappa shape index (κ1) is 24.7. The molecule has 4 rings (SSSR count). The summed E-state index contributed by atoms with van der Waals surface area (Å²) in [5, 5.41) is 23.0. The summed E-state index contributed by atoms with van der Waals surface area (Å²) in [6.45, 7) is 3.60. The molecule has 0 aliphatic carbocycles. The third kappa shape index (κ3) is 5.33. The van der Waals surface area contributed by atoms with Crippen LogP contribution in [0.4, 0.5) is 5.00 Å². The van der Waals surface area contributed by atoms with Gasteiger partial charge >= 0.3 is 0 Å². The Morgan fingerprint density at radius 2 is 2.03 bits per heavy atom. The topological polar surface area (TPSA) is 102 Å². The summed E-state index contributed by atoms with van der Waals surface area (Å²) in [6.07, 6.45) is 1.35. The number of likely N-dealkylation sites (N-methyl/N-ethyl adjacent to an activating group) is 1. The summed E-state index contributed by atoms with van der Waals surface area (Å²) < 4.78 is 5.22. The van der Waals surface area contributed by atoms with Crippen molar-refractivity contribution in [1.29, 1.82) is 10.5 Å². The van der Waals surface area contributed by atoms with Gasteiger partial charge in [0.15, 0.2) is 0 Å². The van der Waals surface area contributed by atoms with E-state index in [1.807, 2.05) is 31.2 Å². The van der Waals surface area contributed by atoms with Gasteiger partial charge in [0.05, 0.1) is 29.2 Å². The minimum atomic E-state index is -0.464. The fourth-order valence-corrected chi connectivity index (χ4v) is 6.20. The van der Waals surface area contributed by atoms with E-state index in [2.05, 4.69) is 29.4 Å². The summed E-state index contributed by atoms with van der Waals surface area (Å²) in [4.78, 5) is 21.3. The number of methoxy groups -OCH3 is 1. The van der Waals surface area contributed by atoms with Crippen LogP contribution < -0.4 is 10.1 Å². The Hall–Kier alpha value is -3.37. The summed E-state index contributed by atoms with van der Waals surface area (Å²) in [7, 11) is 3.67. The van der Waals surface area contributed by atoms with Crippen LogP contribution in [0.3, 0.4) is 0 Å². The number of carbonyl (C=O) groups is 1. The Bertz CT molecular complexity index is 1320. The molecule has 0 radical (unpaired) electrons. The van der Waals surface area contributed by atoms with Crippen LogP contribution >= 0.6 is 23.1 Å². The van der Waals surface area contributed by atoms with Crippen molar-refractivity contribution >= 4 is 34.0 Å². The van der Waals surface area contributed by atoms with Crippen LogP contribution in [0.5, 0.6) is 5.75 Å². The van der Waals surface area contributed by atoms with Gasteiger partial charge in [-0.3, -0.25) is 4.79 Å². The second kappa shape index (κ2) is 10.9. The van der Waals surface area contributed by atoms with E-state index in [1.54, 1.807) is 19.2 Å². The number of thioether (sulfide) groups is 1. The Morgan fingerprint density at radius 3 is 2.69 bits per heavy atom. The fraction of sp³-hybridized carbons (Fsp3) is 0.308. The molecule has 1 aromatic carbocycles. The molecule has 1 unspecified atom stereocenters. The monoisotopic (exact) mass is 503 g/mol. The van der Waals surface area contributed by atoms with Gasteiger partial charge in [-0.05, 0) is 61.9 Å². The number of ether oxygens (including phenoxy) is 1. The summed E-state index contributed by atoms with van der Waals surface area (Å²) >= 11 is 2.76. The van der Waals surface area contributed by atoms with Crippen LogP contribution in [0.15, 0.2) is 41.4 Å². The highest BCUT2D eigenvalue weighted by Crippen LogP contribution is 2.37. The standard InChI is InChI=1S/C26H25N5O2S2/c1-4-22(24(32)30-26-20(14-28)19-11-12-31(2)15-23(19)35-26)34-25-17(13-27)7-10-21(29-25)16-5-8-18(33-3)9-6-16/h5-10,22H,4,11-12,15H2,1-3H3,(H,30,32). The van der Waals surface area contributed by atoms with Crippen LogP contribution in [0.25, 0.3) is 11.3 Å². The molecule has 2 aromatic heterocycles. The van der Waals surface area contributed by atoms with Gasteiger partial charge in [0.2, 0.25) is 5.91 Å². The number of nitriles is 2. The number of pyridine rings is 1. The molecule has 1 aliphatic heterocycles. The van der Waals surface area contributed by atoms with Crippen molar-refractivity contribution in [2.45, 2.75) is 36.6 Å². The number of fused-ring (bicyclic) bond motifs is 1. The lowest BCUT2D eigenvalue weighted by molar-refractivity contribution is -0.115. The van der Waals surface area contributed by atoms with Crippen molar-refractivity contribution in [1.82, 2.24) is 9.88 Å². The molecule has 1 amide bonds. The smallest absolute Gasteiger partial charge is 0.238 e. The maximum Gasteiger partial charge on any atom is 0.238 e. The van der Waals surface area contributed by atoms with E-state index in [0.29, 0.717) is 33.3 Å². The first-order chi connectivity index (χ1) is 17.0. The normalized spacial score (nSPS) is 13.9. The Kier molecular flexibility index (Phi) is 7.72. The largest absolute Gasteiger partial charge is 0.497 e. The van der Waals surface area contributed by atoms with Crippen molar-refractivity contribution in [3.8, 4) is 29.1 Å². The maximum absolute atomic E-state index is 13.2. The molecule has 35 heavy (non-hydrogen) atoms. The van der Waals surface area contributed by atoms with E-state index in [0.717, 1.165) is 41.3 Å². The molecule has 0 saturated carbocycles. The molecule has 1 aliphatic rings. The Labute approximate surface area is 213 Å². The second-order valence-corrected chi connectivity index (χ2v) is 10.5. The van der Waals surface area contributed by atoms with Gasteiger partial charge < -0.3 is 15.0 Å². The van der Waals surface area contributed by atoms with Crippen LogP contribution in [-0.4, -0.2) is 41.7 Å². The molecule has 3 aromatic rings. The predicted molar refractivity (Wildman–Crippen MR) is 139 cm³/mol. The van der Waals surface area contributed by atoms with Gasteiger partial charge in [-0.2, -0.15) is 10.5 Å². The van der Waals surface area contributed by atoms with Crippen LogP contribution in [-0.2, 0) is 17.8 Å². The lowest BCUT2D eigenvalue weighted by Gasteiger charge is -2.21. The van der Waals surface area contributed by atoms with Crippen LogP contribution in [0.2, 0.25) is 0 Å². The van der Waals surface area contributed by atoms with E-state index >= 15 is 0 Å². The molecule has 0 bridgehead atoms. The molecule has 1 atom stereocenters. The molecule has 7 nitrogen and oxygen atoms in total. The Balaban J connectivity index is 1.57.